The Hall–Kier alpha value is -0.830. The van der Waals surface area contributed by atoms with Crippen LogP contribution in [0.3, 0.4) is 0 Å². The molecule has 0 bridgehead atoms. The van der Waals surface area contributed by atoms with Gasteiger partial charge >= 0.3 is 5.97 Å². The Labute approximate surface area is 79.4 Å². The molecule has 0 aromatic carbocycles. The Bertz CT molecular complexity index is 173. The van der Waals surface area contributed by atoms with Crippen LogP contribution in [-0.2, 0) is 9.53 Å². The van der Waals surface area contributed by atoms with Crippen LogP contribution in [0, 0.1) is 0 Å². The number of unbranched alkanes of at least 4 members (excludes halogenated alkanes) is 1. The van der Waals surface area contributed by atoms with E-state index in [4.69, 9.17) is 9.84 Å². The molecular formula is C10H18O3. The van der Waals surface area contributed by atoms with Crippen LogP contribution in [-0.4, -0.2) is 24.3 Å². The Balaban J connectivity index is 3.34. The van der Waals surface area contributed by atoms with E-state index in [1.807, 2.05) is 0 Å². The van der Waals surface area contributed by atoms with Gasteiger partial charge in [-0.2, -0.15) is 0 Å². The summed E-state index contributed by atoms with van der Waals surface area (Å²) < 4.78 is 5.25. The average Bonchev–Trinajstić information content (AvgIpc) is 2.10. The third-order valence-corrected chi connectivity index (χ3v) is 1.63. The van der Waals surface area contributed by atoms with E-state index in [-0.39, 0.29) is 0 Å². The van der Waals surface area contributed by atoms with Crippen LogP contribution in [0.4, 0.5) is 0 Å². The molecule has 13 heavy (non-hydrogen) atoms. The minimum absolute atomic E-state index is 0.412. The fourth-order valence-electron chi connectivity index (χ4n) is 0.838. The summed E-state index contributed by atoms with van der Waals surface area (Å²) in [6, 6.07) is 0. The quantitative estimate of drug-likeness (QED) is 0.490. The summed E-state index contributed by atoms with van der Waals surface area (Å²) in [6.45, 7) is 5.18. The Kier molecular flexibility index (Phi) is 7.30. The maximum absolute atomic E-state index is 10.4. The number of hydrogen-bond donors (Lipinski definition) is 1. The van der Waals surface area contributed by atoms with E-state index in [0.717, 1.165) is 32.5 Å². The smallest absolute Gasteiger partial charge is 0.330 e. The summed E-state index contributed by atoms with van der Waals surface area (Å²) in [5, 5.41) is 8.52. The second-order valence-electron chi connectivity index (χ2n) is 2.95. The third-order valence-electron chi connectivity index (χ3n) is 1.63. The zero-order valence-corrected chi connectivity index (χ0v) is 8.38. The first-order chi connectivity index (χ1) is 6.18. The summed E-state index contributed by atoms with van der Waals surface area (Å²) >= 11 is 0. The molecule has 76 valence electrons. The highest BCUT2D eigenvalue weighted by molar-refractivity contribution is 5.85. The summed E-state index contributed by atoms with van der Waals surface area (Å²) in [5.41, 5.74) is 0.412. The second kappa shape index (κ2) is 7.80. The number of aliphatic carboxylic acids is 1. The molecule has 0 heterocycles. The summed E-state index contributed by atoms with van der Waals surface area (Å²) in [4.78, 5) is 10.4. The van der Waals surface area contributed by atoms with Crippen LogP contribution in [0.15, 0.2) is 11.6 Å². The lowest BCUT2D eigenvalue weighted by molar-refractivity contribution is -0.132. The van der Waals surface area contributed by atoms with Crippen molar-refractivity contribution in [2.75, 3.05) is 13.2 Å². The first-order valence-electron chi connectivity index (χ1n) is 4.66. The lowest BCUT2D eigenvalue weighted by Gasteiger charge is -1.99. The van der Waals surface area contributed by atoms with Crippen molar-refractivity contribution in [2.45, 2.75) is 33.1 Å². The summed E-state index contributed by atoms with van der Waals surface area (Å²) in [5.74, 6) is -0.838. The predicted molar refractivity (Wildman–Crippen MR) is 51.7 cm³/mol. The number of carbonyl (C=O) groups is 1. The minimum atomic E-state index is -0.838. The standard InChI is InChI=1S/C10H18O3/c1-3-7-13-8-5-4-6-9(2)10(11)12/h6H,3-5,7-8H2,1-2H3,(H,11,12). The number of carboxylic acids is 1. The van der Waals surface area contributed by atoms with Gasteiger partial charge in [0.05, 0.1) is 0 Å². The molecule has 3 nitrogen and oxygen atoms in total. The monoisotopic (exact) mass is 186 g/mol. The molecule has 0 fully saturated rings. The molecular weight excluding hydrogens is 168 g/mol. The van der Waals surface area contributed by atoms with Gasteiger partial charge in [-0.25, -0.2) is 4.79 Å². The SMILES string of the molecule is CCCOCCCC=C(C)C(=O)O. The van der Waals surface area contributed by atoms with Crippen LogP contribution < -0.4 is 0 Å². The van der Waals surface area contributed by atoms with E-state index in [0.29, 0.717) is 5.57 Å². The fourth-order valence-corrected chi connectivity index (χ4v) is 0.838. The van der Waals surface area contributed by atoms with Gasteiger partial charge in [0.1, 0.15) is 0 Å². The molecule has 1 N–H and O–H groups in total. The normalized spacial score (nSPS) is 11.7. The Morgan fingerprint density at radius 3 is 2.69 bits per heavy atom. The number of carboxylic acid groups (broad SMARTS) is 1. The summed E-state index contributed by atoms with van der Waals surface area (Å²) in [7, 11) is 0. The molecule has 0 aromatic rings. The Morgan fingerprint density at radius 1 is 1.46 bits per heavy atom. The van der Waals surface area contributed by atoms with Gasteiger partial charge in [0.25, 0.3) is 0 Å². The predicted octanol–water partition coefficient (Wildman–Crippen LogP) is 2.22. The van der Waals surface area contributed by atoms with Gasteiger partial charge in [0, 0.05) is 18.8 Å². The van der Waals surface area contributed by atoms with Crippen molar-refractivity contribution in [1.82, 2.24) is 0 Å². The first-order valence-corrected chi connectivity index (χ1v) is 4.66. The zero-order chi connectivity index (χ0) is 10.1. The van der Waals surface area contributed by atoms with Gasteiger partial charge in [-0.1, -0.05) is 13.0 Å². The van der Waals surface area contributed by atoms with E-state index in [9.17, 15) is 4.79 Å². The van der Waals surface area contributed by atoms with Crippen molar-refractivity contribution in [3.63, 3.8) is 0 Å². The molecule has 0 amide bonds. The highest BCUT2D eigenvalue weighted by atomic mass is 16.5. The van der Waals surface area contributed by atoms with Crippen LogP contribution in [0.2, 0.25) is 0 Å². The highest BCUT2D eigenvalue weighted by Gasteiger charge is 1.97. The molecule has 0 saturated carbocycles. The maximum Gasteiger partial charge on any atom is 0.330 e. The average molecular weight is 186 g/mol. The molecule has 0 aromatic heterocycles. The van der Waals surface area contributed by atoms with Crippen molar-refractivity contribution in [2.24, 2.45) is 0 Å². The highest BCUT2D eigenvalue weighted by Crippen LogP contribution is 1.99. The maximum atomic E-state index is 10.4. The van der Waals surface area contributed by atoms with Gasteiger partial charge in [0.2, 0.25) is 0 Å². The van der Waals surface area contributed by atoms with E-state index in [1.165, 1.54) is 0 Å². The lowest BCUT2D eigenvalue weighted by atomic mass is 10.2. The van der Waals surface area contributed by atoms with Crippen LogP contribution in [0.25, 0.3) is 0 Å². The molecule has 0 saturated heterocycles. The van der Waals surface area contributed by atoms with Crippen molar-refractivity contribution in [1.29, 1.82) is 0 Å². The second-order valence-corrected chi connectivity index (χ2v) is 2.95. The van der Waals surface area contributed by atoms with E-state index < -0.39 is 5.97 Å². The fraction of sp³-hybridized carbons (Fsp3) is 0.700. The van der Waals surface area contributed by atoms with Gasteiger partial charge in [-0.15, -0.1) is 0 Å². The van der Waals surface area contributed by atoms with Gasteiger partial charge in [-0.05, 0) is 26.2 Å². The van der Waals surface area contributed by atoms with E-state index >= 15 is 0 Å². The molecule has 0 radical (unpaired) electrons. The van der Waals surface area contributed by atoms with Gasteiger partial charge in [0.15, 0.2) is 0 Å². The largest absolute Gasteiger partial charge is 0.478 e. The number of hydrogen-bond acceptors (Lipinski definition) is 2. The molecule has 0 atom stereocenters. The van der Waals surface area contributed by atoms with Crippen molar-refractivity contribution >= 4 is 5.97 Å². The number of ether oxygens (including phenoxy) is 1. The zero-order valence-electron chi connectivity index (χ0n) is 8.38. The molecule has 0 aliphatic rings. The molecule has 0 rings (SSSR count). The minimum Gasteiger partial charge on any atom is -0.478 e. The molecule has 0 aliphatic carbocycles. The number of rotatable bonds is 7. The van der Waals surface area contributed by atoms with Gasteiger partial charge < -0.3 is 9.84 Å². The van der Waals surface area contributed by atoms with Crippen LogP contribution >= 0.6 is 0 Å². The molecule has 0 spiro atoms. The van der Waals surface area contributed by atoms with Crippen molar-refractivity contribution in [3.8, 4) is 0 Å². The topological polar surface area (TPSA) is 46.5 Å². The van der Waals surface area contributed by atoms with E-state index in [1.54, 1.807) is 13.0 Å². The first kappa shape index (κ1) is 12.2. The van der Waals surface area contributed by atoms with Crippen LogP contribution in [0.5, 0.6) is 0 Å². The van der Waals surface area contributed by atoms with Crippen LogP contribution in [0.1, 0.15) is 33.1 Å². The van der Waals surface area contributed by atoms with Crippen molar-refractivity contribution in [3.05, 3.63) is 11.6 Å². The third kappa shape index (κ3) is 7.53. The van der Waals surface area contributed by atoms with Gasteiger partial charge in [-0.3, -0.25) is 0 Å². The molecule has 0 aliphatic heterocycles. The summed E-state index contributed by atoms with van der Waals surface area (Å²) in [6.07, 6.45) is 4.44. The van der Waals surface area contributed by atoms with E-state index in [2.05, 4.69) is 6.92 Å². The Morgan fingerprint density at radius 2 is 2.15 bits per heavy atom. The number of allylic oxidation sites excluding steroid dienone is 1. The molecule has 3 heteroatoms. The molecule has 0 unspecified atom stereocenters. The lowest BCUT2D eigenvalue weighted by Crippen LogP contribution is -1.97. The van der Waals surface area contributed by atoms with Crippen molar-refractivity contribution < 1.29 is 14.6 Å².